The minimum absolute atomic E-state index is 0.0543. The molecule has 1 fully saturated rings. The number of benzene rings is 3. The Morgan fingerprint density at radius 2 is 1.69 bits per heavy atom. The Morgan fingerprint density at radius 1 is 0.938 bits per heavy atom. The lowest BCUT2D eigenvalue weighted by molar-refractivity contribution is -0.117. The second-order valence-corrected chi connectivity index (χ2v) is 9.34. The summed E-state index contributed by atoms with van der Waals surface area (Å²) in [6.45, 7) is 2.53. The van der Waals surface area contributed by atoms with Gasteiger partial charge < -0.3 is 10.2 Å². The summed E-state index contributed by atoms with van der Waals surface area (Å²) in [5, 5.41) is 2.77. The summed E-state index contributed by atoms with van der Waals surface area (Å²) >= 11 is 0. The first-order chi connectivity index (χ1) is 15.3. The van der Waals surface area contributed by atoms with Gasteiger partial charge in [-0.15, -0.1) is 0 Å². The van der Waals surface area contributed by atoms with Crippen molar-refractivity contribution in [3.63, 3.8) is 0 Å². The third-order valence-electron chi connectivity index (χ3n) is 5.19. The quantitative estimate of drug-likeness (QED) is 0.590. The van der Waals surface area contributed by atoms with Gasteiger partial charge in [-0.2, -0.15) is 0 Å². The molecule has 1 aliphatic rings. The molecule has 32 heavy (non-hydrogen) atoms. The number of sulfonamides is 1. The van der Waals surface area contributed by atoms with Crippen molar-refractivity contribution in [2.24, 2.45) is 0 Å². The Morgan fingerprint density at radius 3 is 2.38 bits per heavy atom. The number of hydrogen-bond acceptors (Lipinski definition) is 4. The van der Waals surface area contributed by atoms with Gasteiger partial charge in [0.05, 0.1) is 4.90 Å². The molecule has 7 nitrogen and oxygen atoms in total. The Bertz CT molecular complexity index is 1270. The number of anilines is 3. The lowest BCUT2D eigenvalue weighted by atomic mass is 10.1. The monoisotopic (exact) mass is 449 g/mol. The van der Waals surface area contributed by atoms with Crippen molar-refractivity contribution < 1.29 is 18.0 Å². The number of carbonyl (C=O) groups is 2. The fourth-order valence-corrected chi connectivity index (χ4v) is 4.63. The van der Waals surface area contributed by atoms with Crippen LogP contribution in [0.4, 0.5) is 17.1 Å². The fourth-order valence-electron chi connectivity index (χ4n) is 3.58. The van der Waals surface area contributed by atoms with Crippen LogP contribution in [0.15, 0.2) is 77.7 Å². The summed E-state index contributed by atoms with van der Waals surface area (Å²) in [5.41, 5.74) is 3.01. The summed E-state index contributed by atoms with van der Waals surface area (Å²) in [7, 11) is -3.75. The van der Waals surface area contributed by atoms with Crippen LogP contribution in [0, 0.1) is 6.92 Å². The molecule has 0 aliphatic carbocycles. The number of hydrogen-bond donors (Lipinski definition) is 2. The van der Waals surface area contributed by atoms with Crippen LogP contribution < -0.4 is 14.9 Å². The Hall–Kier alpha value is -3.65. The van der Waals surface area contributed by atoms with Crippen LogP contribution in [0.3, 0.4) is 0 Å². The average Bonchev–Trinajstić information content (AvgIpc) is 3.20. The Kier molecular flexibility index (Phi) is 5.96. The van der Waals surface area contributed by atoms with Gasteiger partial charge >= 0.3 is 0 Å². The number of aryl methyl sites for hydroxylation is 1. The van der Waals surface area contributed by atoms with E-state index in [1.807, 2.05) is 13.0 Å². The predicted octanol–water partition coefficient (Wildman–Crippen LogP) is 4.17. The summed E-state index contributed by atoms with van der Waals surface area (Å²) in [6.07, 6.45) is 1.33. The zero-order valence-electron chi connectivity index (χ0n) is 17.5. The molecule has 0 bridgehead atoms. The van der Waals surface area contributed by atoms with Crippen LogP contribution in [-0.4, -0.2) is 26.8 Å². The number of rotatable bonds is 6. The maximum Gasteiger partial charge on any atom is 0.261 e. The zero-order valence-corrected chi connectivity index (χ0v) is 18.4. The van der Waals surface area contributed by atoms with E-state index in [-0.39, 0.29) is 16.7 Å². The van der Waals surface area contributed by atoms with E-state index in [1.165, 1.54) is 24.3 Å². The molecule has 0 aromatic heterocycles. The van der Waals surface area contributed by atoms with Crippen LogP contribution in [-0.2, 0) is 14.8 Å². The molecule has 8 heteroatoms. The van der Waals surface area contributed by atoms with Gasteiger partial charge in [0.2, 0.25) is 5.91 Å². The normalized spacial score (nSPS) is 13.8. The predicted molar refractivity (Wildman–Crippen MR) is 124 cm³/mol. The van der Waals surface area contributed by atoms with Crippen LogP contribution >= 0.6 is 0 Å². The van der Waals surface area contributed by atoms with Gasteiger partial charge in [0, 0.05) is 35.6 Å². The van der Waals surface area contributed by atoms with E-state index in [0.717, 1.165) is 12.0 Å². The van der Waals surface area contributed by atoms with Gasteiger partial charge in [-0.25, -0.2) is 8.42 Å². The number of amides is 2. The van der Waals surface area contributed by atoms with Gasteiger partial charge in [0.1, 0.15) is 0 Å². The van der Waals surface area contributed by atoms with E-state index < -0.39 is 10.0 Å². The molecule has 1 heterocycles. The van der Waals surface area contributed by atoms with Gasteiger partial charge in [0.15, 0.2) is 0 Å². The van der Waals surface area contributed by atoms with E-state index in [2.05, 4.69) is 10.0 Å². The first kappa shape index (κ1) is 21.6. The number of nitrogens with one attached hydrogen (secondary N) is 2. The largest absolute Gasteiger partial charge is 0.322 e. The van der Waals surface area contributed by atoms with E-state index in [0.29, 0.717) is 35.6 Å². The van der Waals surface area contributed by atoms with Crippen molar-refractivity contribution in [1.29, 1.82) is 0 Å². The zero-order chi connectivity index (χ0) is 22.7. The van der Waals surface area contributed by atoms with E-state index in [4.69, 9.17) is 0 Å². The van der Waals surface area contributed by atoms with Gasteiger partial charge in [0.25, 0.3) is 15.9 Å². The summed E-state index contributed by atoms with van der Waals surface area (Å²) in [4.78, 5) is 26.4. The van der Waals surface area contributed by atoms with E-state index >= 15 is 0 Å². The highest BCUT2D eigenvalue weighted by Crippen LogP contribution is 2.23. The molecule has 0 spiro atoms. The van der Waals surface area contributed by atoms with Gasteiger partial charge in [-0.05, 0) is 73.5 Å². The van der Waals surface area contributed by atoms with Crippen molar-refractivity contribution in [2.75, 3.05) is 21.5 Å². The summed E-state index contributed by atoms with van der Waals surface area (Å²) in [6, 6.07) is 19.9. The van der Waals surface area contributed by atoms with Crippen LogP contribution in [0.5, 0.6) is 0 Å². The molecular weight excluding hydrogens is 426 g/mol. The maximum atomic E-state index is 12.7. The topological polar surface area (TPSA) is 95.6 Å². The molecule has 0 radical (unpaired) electrons. The molecule has 1 saturated heterocycles. The second-order valence-electron chi connectivity index (χ2n) is 7.65. The third kappa shape index (κ3) is 4.81. The number of nitrogens with zero attached hydrogens (tertiary/aromatic N) is 1. The van der Waals surface area contributed by atoms with Crippen LogP contribution in [0.25, 0.3) is 0 Å². The van der Waals surface area contributed by atoms with Crippen molar-refractivity contribution in [2.45, 2.75) is 24.7 Å². The Labute approximate surface area is 187 Å². The van der Waals surface area contributed by atoms with Crippen molar-refractivity contribution in [3.05, 3.63) is 83.9 Å². The second kappa shape index (κ2) is 8.84. The van der Waals surface area contributed by atoms with E-state index in [9.17, 15) is 18.0 Å². The fraction of sp³-hybridized carbons (Fsp3) is 0.167. The van der Waals surface area contributed by atoms with E-state index in [1.54, 1.807) is 47.4 Å². The van der Waals surface area contributed by atoms with Crippen molar-refractivity contribution in [3.8, 4) is 0 Å². The smallest absolute Gasteiger partial charge is 0.261 e. The molecule has 0 saturated carbocycles. The molecule has 3 aromatic rings. The molecule has 2 N–H and O–H groups in total. The molecule has 1 aliphatic heterocycles. The number of carbonyl (C=O) groups excluding carboxylic acids is 2. The lowest BCUT2D eigenvalue weighted by Gasteiger charge is -2.16. The van der Waals surface area contributed by atoms with Gasteiger partial charge in [-0.3, -0.25) is 14.3 Å². The molecule has 4 rings (SSSR count). The first-order valence-electron chi connectivity index (χ1n) is 10.2. The van der Waals surface area contributed by atoms with Gasteiger partial charge in [-0.1, -0.05) is 18.2 Å². The van der Waals surface area contributed by atoms with Crippen LogP contribution in [0.2, 0.25) is 0 Å². The molecular formula is C24H23N3O4S. The molecule has 3 aromatic carbocycles. The highest BCUT2D eigenvalue weighted by molar-refractivity contribution is 7.92. The molecule has 0 unspecified atom stereocenters. The summed E-state index contributed by atoms with van der Waals surface area (Å²) < 4.78 is 27.8. The van der Waals surface area contributed by atoms with Crippen molar-refractivity contribution >= 4 is 38.9 Å². The minimum atomic E-state index is -3.75. The molecule has 2 amide bonds. The molecule has 0 atom stereocenters. The average molecular weight is 450 g/mol. The SMILES string of the molecule is Cc1cccc(NS(=O)(=O)c2ccc(NC(=O)c3cccc(N4CCCC4=O)c3)cc2)c1. The Balaban J connectivity index is 1.45. The van der Waals surface area contributed by atoms with Crippen LogP contribution in [0.1, 0.15) is 28.8 Å². The minimum Gasteiger partial charge on any atom is -0.322 e. The highest BCUT2D eigenvalue weighted by Gasteiger charge is 2.22. The summed E-state index contributed by atoms with van der Waals surface area (Å²) in [5.74, 6) is -0.286. The first-order valence-corrected chi connectivity index (χ1v) is 11.7. The standard InChI is InChI=1S/C24H23N3O4S/c1-17-5-2-7-20(15-17)26-32(30,31)22-12-10-19(11-13-22)25-24(29)18-6-3-8-21(16-18)27-14-4-9-23(27)28/h2-3,5-8,10-13,15-16,26H,4,9,14H2,1H3,(H,25,29). The lowest BCUT2D eigenvalue weighted by Crippen LogP contribution is -2.24. The maximum absolute atomic E-state index is 12.7. The van der Waals surface area contributed by atoms with Crippen molar-refractivity contribution in [1.82, 2.24) is 0 Å². The molecule has 164 valence electrons. The highest BCUT2D eigenvalue weighted by atomic mass is 32.2. The third-order valence-corrected chi connectivity index (χ3v) is 6.58.